The molecule has 5 nitrogen and oxygen atoms in total. The molecule has 1 aromatic carbocycles. The Kier molecular flexibility index (Phi) is 6.82. The molecule has 0 heterocycles. The molecular weight excluding hydrogens is 270 g/mol. The van der Waals surface area contributed by atoms with Crippen molar-refractivity contribution >= 4 is 12.1 Å². The first kappa shape index (κ1) is 16.6. The first-order valence-corrected chi connectivity index (χ1v) is 6.61. The third kappa shape index (κ3) is 6.48. The number of amides is 1. The summed E-state index contributed by atoms with van der Waals surface area (Å²) >= 11 is 0. The molecule has 1 aromatic rings. The van der Waals surface area contributed by atoms with Crippen LogP contribution in [0.4, 0.5) is 4.79 Å². The molecule has 0 aliphatic heterocycles. The number of rotatable bonds is 4. The smallest absolute Gasteiger partial charge is 0.408 e. The molecule has 0 saturated carbocycles. The lowest BCUT2D eigenvalue weighted by atomic mass is 10.2. The number of hydrogen-bond donors (Lipinski definition) is 1. The molecule has 0 aliphatic carbocycles. The minimum Gasteiger partial charge on any atom is -0.467 e. The molecule has 0 spiro atoms. The summed E-state index contributed by atoms with van der Waals surface area (Å²) < 4.78 is 9.58. The summed E-state index contributed by atoms with van der Waals surface area (Å²) in [5.41, 5.74) is 0.839. The van der Waals surface area contributed by atoms with Gasteiger partial charge in [-0.25, -0.2) is 9.59 Å². The standard InChI is InChI=1S/C16H19NO4/c1-12(2)21-16(19)17-14(15(18)20-3)11-7-10-13-8-5-4-6-9-13/h4-6,8-9,12,14H,11H2,1-3H3,(H,17,19)/t14-/m0/s1. The largest absolute Gasteiger partial charge is 0.467 e. The second kappa shape index (κ2) is 8.64. The topological polar surface area (TPSA) is 64.6 Å². The van der Waals surface area contributed by atoms with E-state index in [4.69, 9.17) is 4.74 Å². The molecule has 1 amide bonds. The summed E-state index contributed by atoms with van der Waals surface area (Å²) in [6, 6.07) is 8.52. The number of ether oxygens (including phenoxy) is 2. The Bertz CT molecular complexity index is 528. The number of carbonyl (C=O) groups excluding carboxylic acids is 2. The first-order chi connectivity index (χ1) is 10.0. The summed E-state index contributed by atoms with van der Waals surface area (Å²) in [6.07, 6.45) is -0.782. The number of methoxy groups -OCH3 is 1. The number of carbonyl (C=O) groups is 2. The zero-order valence-electron chi connectivity index (χ0n) is 12.4. The average Bonchev–Trinajstić information content (AvgIpc) is 2.45. The van der Waals surface area contributed by atoms with Crippen molar-refractivity contribution in [1.82, 2.24) is 5.32 Å². The van der Waals surface area contributed by atoms with Crippen molar-refractivity contribution in [3.8, 4) is 11.8 Å². The third-order valence-corrected chi connectivity index (χ3v) is 2.43. The van der Waals surface area contributed by atoms with Crippen molar-refractivity contribution in [3.63, 3.8) is 0 Å². The van der Waals surface area contributed by atoms with Crippen LogP contribution in [0, 0.1) is 11.8 Å². The van der Waals surface area contributed by atoms with E-state index in [-0.39, 0.29) is 12.5 Å². The van der Waals surface area contributed by atoms with Crippen LogP contribution in [0.25, 0.3) is 0 Å². The Balaban J connectivity index is 2.65. The SMILES string of the molecule is COC(=O)[C@H](CC#Cc1ccccc1)NC(=O)OC(C)C. The van der Waals surface area contributed by atoms with E-state index in [1.165, 1.54) is 7.11 Å². The van der Waals surface area contributed by atoms with E-state index in [0.717, 1.165) is 5.56 Å². The van der Waals surface area contributed by atoms with E-state index in [1.54, 1.807) is 13.8 Å². The summed E-state index contributed by atoms with van der Waals surface area (Å²) in [7, 11) is 1.26. The lowest BCUT2D eigenvalue weighted by Gasteiger charge is -2.15. The molecule has 21 heavy (non-hydrogen) atoms. The number of hydrogen-bond acceptors (Lipinski definition) is 4. The molecule has 0 aromatic heterocycles. The quantitative estimate of drug-likeness (QED) is 0.681. The van der Waals surface area contributed by atoms with Crippen molar-refractivity contribution < 1.29 is 19.1 Å². The van der Waals surface area contributed by atoms with Gasteiger partial charge in [0.15, 0.2) is 0 Å². The van der Waals surface area contributed by atoms with Crippen LogP contribution < -0.4 is 5.32 Å². The number of benzene rings is 1. The summed E-state index contributed by atoms with van der Waals surface area (Å²) in [6.45, 7) is 3.45. The van der Waals surface area contributed by atoms with Gasteiger partial charge in [0.05, 0.1) is 13.2 Å². The fourth-order valence-electron chi connectivity index (χ4n) is 1.50. The molecule has 1 rings (SSSR count). The van der Waals surface area contributed by atoms with Crippen LogP contribution in [0.5, 0.6) is 0 Å². The van der Waals surface area contributed by atoms with E-state index >= 15 is 0 Å². The second-order valence-electron chi connectivity index (χ2n) is 4.55. The molecule has 0 bridgehead atoms. The summed E-state index contributed by atoms with van der Waals surface area (Å²) in [5, 5.41) is 2.45. The van der Waals surface area contributed by atoms with E-state index in [1.807, 2.05) is 30.3 Å². The van der Waals surface area contributed by atoms with Crippen molar-refractivity contribution in [3.05, 3.63) is 35.9 Å². The van der Waals surface area contributed by atoms with Crippen LogP contribution in [0.3, 0.4) is 0 Å². The lowest BCUT2D eigenvalue weighted by molar-refractivity contribution is -0.142. The molecule has 112 valence electrons. The number of nitrogens with one attached hydrogen (secondary N) is 1. The predicted octanol–water partition coefficient (Wildman–Crippen LogP) is 2.10. The van der Waals surface area contributed by atoms with Gasteiger partial charge < -0.3 is 14.8 Å². The molecule has 1 N–H and O–H groups in total. The van der Waals surface area contributed by atoms with E-state index < -0.39 is 18.1 Å². The van der Waals surface area contributed by atoms with Crippen LogP contribution in [-0.2, 0) is 14.3 Å². The molecule has 0 unspecified atom stereocenters. The maximum Gasteiger partial charge on any atom is 0.408 e. The molecule has 0 aliphatic rings. The molecule has 0 fully saturated rings. The predicted molar refractivity (Wildman–Crippen MR) is 78.5 cm³/mol. The van der Waals surface area contributed by atoms with Crippen LogP contribution in [0.2, 0.25) is 0 Å². The zero-order chi connectivity index (χ0) is 15.7. The van der Waals surface area contributed by atoms with Gasteiger partial charge in [-0.3, -0.25) is 0 Å². The minimum absolute atomic E-state index is 0.148. The van der Waals surface area contributed by atoms with Gasteiger partial charge in [0.1, 0.15) is 6.04 Å². The normalized spacial score (nSPS) is 11.0. The van der Waals surface area contributed by atoms with Crippen molar-refractivity contribution in [2.75, 3.05) is 7.11 Å². The fraction of sp³-hybridized carbons (Fsp3) is 0.375. The highest BCUT2D eigenvalue weighted by molar-refractivity contribution is 5.81. The number of esters is 1. The summed E-state index contributed by atoms with van der Waals surface area (Å²) in [5.74, 6) is 5.22. The van der Waals surface area contributed by atoms with Crippen molar-refractivity contribution in [1.29, 1.82) is 0 Å². The highest BCUT2D eigenvalue weighted by atomic mass is 16.6. The Hall–Kier alpha value is -2.48. The Morgan fingerprint density at radius 2 is 1.90 bits per heavy atom. The maximum atomic E-state index is 11.6. The summed E-state index contributed by atoms with van der Waals surface area (Å²) in [4.78, 5) is 23.1. The van der Waals surface area contributed by atoms with Gasteiger partial charge in [0.2, 0.25) is 0 Å². The van der Waals surface area contributed by atoms with Gasteiger partial charge in [0, 0.05) is 12.0 Å². The van der Waals surface area contributed by atoms with Crippen LogP contribution in [-0.4, -0.2) is 31.3 Å². The van der Waals surface area contributed by atoms with E-state index in [9.17, 15) is 9.59 Å². The highest BCUT2D eigenvalue weighted by Crippen LogP contribution is 1.99. The molecular formula is C16H19NO4. The zero-order valence-corrected chi connectivity index (χ0v) is 12.4. The highest BCUT2D eigenvalue weighted by Gasteiger charge is 2.21. The fourth-order valence-corrected chi connectivity index (χ4v) is 1.50. The van der Waals surface area contributed by atoms with Gasteiger partial charge in [-0.2, -0.15) is 0 Å². The van der Waals surface area contributed by atoms with Gasteiger partial charge in [-0.1, -0.05) is 30.0 Å². The molecule has 5 heteroatoms. The lowest BCUT2D eigenvalue weighted by Crippen LogP contribution is -2.42. The molecule has 1 atom stereocenters. The second-order valence-corrected chi connectivity index (χ2v) is 4.55. The van der Waals surface area contributed by atoms with Crippen LogP contribution in [0.15, 0.2) is 30.3 Å². The van der Waals surface area contributed by atoms with Crippen LogP contribution >= 0.6 is 0 Å². The molecule has 0 saturated heterocycles. The van der Waals surface area contributed by atoms with Crippen LogP contribution in [0.1, 0.15) is 25.8 Å². The Morgan fingerprint density at radius 1 is 1.24 bits per heavy atom. The van der Waals surface area contributed by atoms with Crippen molar-refractivity contribution in [2.45, 2.75) is 32.4 Å². The van der Waals surface area contributed by atoms with Gasteiger partial charge in [-0.05, 0) is 26.0 Å². The van der Waals surface area contributed by atoms with Gasteiger partial charge in [0.25, 0.3) is 0 Å². The Morgan fingerprint density at radius 3 is 2.48 bits per heavy atom. The maximum absolute atomic E-state index is 11.6. The van der Waals surface area contributed by atoms with Crippen molar-refractivity contribution in [2.24, 2.45) is 0 Å². The average molecular weight is 289 g/mol. The third-order valence-electron chi connectivity index (χ3n) is 2.43. The minimum atomic E-state index is -0.850. The monoisotopic (exact) mass is 289 g/mol. The van der Waals surface area contributed by atoms with Gasteiger partial charge >= 0.3 is 12.1 Å². The Labute approximate surface area is 124 Å². The van der Waals surface area contributed by atoms with Gasteiger partial charge in [-0.15, -0.1) is 0 Å². The first-order valence-electron chi connectivity index (χ1n) is 6.61. The van der Waals surface area contributed by atoms with E-state index in [2.05, 4.69) is 21.9 Å². The number of alkyl carbamates (subject to hydrolysis) is 1. The molecule has 0 radical (unpaired) electrons. The van der Waals surface area contributed by atoms with E-state index in [0.29, 0.717) is 0 Å².